The lowest BCUT2D eigenvalue weighted by molar-refractivity contribution is -0.332. The third-order valence-corrected chi connectivity index (χ3v) is 17.1. The van der Waals surface area contributed by atoms with Gasteiger partial charge in [-0.1, -0.05) is 296 Å². The zero-order valence-corrected chi connectivity index (χ0v) is 52.5. The van der Waals surface area contributed by atoms with Crippen molar-refractivity contribution in [2.45, 2.75) is 390 Å². The van der Waals surface area contributed by atoms with Crippen molar-refractivity contribution in [1.29, 1.82) is 0 Å². The Morgan fingerprint density at radius 1 is 0.341 bits per heavy atom. The molecule has 2 aliphatic rings. The summed E-state index contributed by atoms with van der Waals surface area (Å²) >= 11 is 0. The highest BCUT2D eigenvalue weighted by Gasteiger charge is 2.47. The van der Waals surface area contributed by atoms with Crippen LogP contribution in [0, 0.1) is 0 Å². The van der Waals surface area contributed by atoms with Crippen LogP contribution in [0.15, 0.2) is 0 Å². The predicted octanol–water partition coefficient (Wildman–Crippen LogP) is 13.8. The fraction of sp³-hybridized carbons (Fsp3) is 0.970. The van der Waals surface area contributed by atoms with Gasteiger partial charge in [-0.15, -0.1) is 0 Å². The van der Waals surface area contributed by atoms with Gasteiger partial charge in [-0.05, 0) is 12.8 Å². The molecule has 11 atom stereocenters. The van der Waals surface area contributed by atoms with Gasteiger partial charge in [-0.25, -0.2) is 0 Å². The number of unbranched alkanes of at least 4 members (excludes halogenated alkanes) is 44. The molecule has 7 N–H and O–H groups in total. The predicted molar refractivity (Wildman–Crippen MR) is 326 cm³/mol. The van der Waals surface area contributed by atoms with Crippen molar-refractivity contribution in [2.24, 2.45) is 0 Å². The van der Waals surface area contributed by atoms with E-state index in [9.17, 15) is 45.3 Å². The number of carbonyl (C=O) groups is 2. The summed E-state index contributed by atoms with van der Waals surface area (Å²) in [6.07, 6.45) is 42.7. The molecule has 0 amide bonds. The third kappa shape index (κ3) is 39.3. The standard InChI is InChI=1S/C67H128O15/c1-3-5-7-9-11-13-15-17-19-21-23-25-27-29-31-33-35-37-39-41-43-45-47-49-58(69)77-52-55(53-78-66-65(76)63(74)61(72)57(82-66)54-79-67-64(75)62(73)60(71)56(51-68)81-67)80-59(70)50-48-46-44-42-40-38-36-34-32-30-28-26-24-22-20-18-16-14-12-10-8-6-4-2/h55-57,60-68,71-76H,3-54H2,1-2H3. The normalized spacial score (nSPS) is 23.3. The zero-order valence-electron chi connectivity index (χ0n) is 52.5. The van der Waals surface area contributed by atoms with Crippen LogP contribution in [0.5, 0.6) is 0 Å². The SMILES string of the molecule is CCCCCCCCCCCCCCCCCCCCCCCCCC(=O)OCC(COC1OC(COC2OC(CO)C(O)C(O)C2O)C(O)C(O)C1O)OC(=O)CCCCCCCCCCCCCCCCCCCCCCCCC. The average molecular weight is 1170 g/mol. The molecule has 2 heterocycles. The van der Waals surface area contributed by atoms with Gasteiger partial charge in [-0.2, -0.15) is 0 Å². The molecule has 0 spiro atoms. The number of hydrogen-bond donors (Lipinski definition) is 7. The monoisotopic (exact) mass is 1170 g/mol. The molecule has 0 aromatic rings. The highest BCUT2D eigenvalue weighted by Crippen LogP contribution is 2.27. The summed E-state index contributed by atoms with van der Waals surface area (Å²) in [5.74, 6) is -0.897. The Morgan fingerprint density at radius 2 is 0.622 bits per heavy atom. The van der Waals surface area contributed by atoms with Crippen LogP contribution in [0.4, 0.5) is 0 Å². The Labute approximate surface area is 499 Å². The molecule has 2 fully saturated rings. The van der Waals surface area contributed by atoms with Crippen LogP contribution < -0.4 is 0 Å². The van der Waals surface area contributed by atoms with E-state index in [-0.39, 0.29) is 26.1 Å². The van der Waals surface area contributed by atoms with Crippen LogP contribution in [0.1, 0.15) is 322 Å². The van der Waals surface area contributed by atoms with Gasteiger partial charge in [0.2, 0.25) is 0 Å². The second-order valence-electron chi connectivity index (χ2n) is 24.7. The Morgan fingerprint density at radius 3 is 0.951 bits per heavy atom. The minimum absolute atomic E-state index is 0.175. The quantitative estimate of drug-likeness (QED) is 0.0222. The van der Waals surface area contributed by atoms with E-state index in [4.69, 9.17) is 28.4 Å². The average Bonchev–Trinajstić information content (AvgIpc) is 3.61. The summed E-state index contributed by atoms with van der Waals surface area (Å²) in [7, 11) is 0. The highest BCUT2D eigenvalue weighted by molar-refractivity contribution is 5.70. The number of aliphatic hydroxyl groups is 7. The Balaban J connectivity index is 1.66. The molecule has 0 radical (unpaired) electrons. The molecule has 2 saturated heterocycles. The van der Waals surface area contributed by atoms with E-state index in [1.54, 1.807) is 0 Å². The number of carbonyl (C=O) groups excluding carboxylic acids is 2. The first-order valence-corrected chi connectivity index (χ1v) is 34.6. The van der Waals surface area contributed by atoms with Crippen LogP contribution in [-0.2, 0) is 38.0 Å². The van der Waals surface area contributed by atoms with Crippen molar-refractivity contribution in [3.05, 3.63) is 0 Å². The van der Waals surface area contributed by atoms with E-state index in [1.165, 1.54) is 244 Å². The van der Waals surface area contributed by atoms with Gasteiger partial charge >= 0.3 is 11.9 Å². The van der Waals surface area contributed by atoms with Crippen molar-refractivity contribution >= 4 is 11.9 Å². The largest absolute Gasteiger partial charge is 0.462 e. The first-order chi connectivity index (χ1) is 40.0. The molecule has 2 rings (SSSR count). The number of hydrogen-bond acceptors (Lipinski definition) is 15. The van der Waals surface area contributed by atoms with E-state index in [0.29, 0.717) is 12.8 Å². The highest BCUT2D eigenvalue weighted by atomic mass is 16.7. The van der Waals surface area contributed by atoms with Gasteiger partial charge in [0.1, 0.15) is 55.4 Å². The summed E-state index contributed by atoms with van der Waals surface area (Å²) in [4.78, 5) is 26.0. The van der Waals surface area contributed by atoms with E-state index in [1.807, 2.05) is 0 Å². The van der Waals surface area contributed by atoms with Gasteiger partial charge in [-0.3, -0.25) is 9.59 Å². The van der Waals surface area contributed by atoms with Crippen molar-refractivity contribution < 1.29 is 73.8 Å². The zero-order chi connectivity index (χ0) is 59.5. The second kappa shape index (κ2) is 53.7. The first kappa shape index (κ1) is 76.6. The van der Waals surface area contributed by atoms with Gasteiger partial charge < -0.3 is 64.2 Å². The Kier molecular flexibility index (Phi) is 50.2. The molecule has 0 aromatic heterocycles. The van der Waals surface area contributed by atoms with Gasteiger partial charge in [0.25, 0.3) is 0 Å². The minimum Gasteiger partial charge on any atom is -0.462 e. The van der Waals surface area contributed by atoms with Crippen LogP contribution in [0.3, 0.4) is 0 Å². The maximum Gasteiger partial charge on any atom is 0.306 e. The van der Waals surface area contributed by atoms with Gasteiger partial charge in [0.05, 0.1) is 19.8 Å². The van der Waals surface area contributed by atoms with Crippen LogP contribution in [0.25, 0.3) is 0 Å². The van der Waals surface area contributed by atoms with Crippen molar-refractivity contribution in [3.63, 3.8) is 0 Å². The number of rotatable bonds is 58. The molecular weight excluding hydrogens is 1040 g/mol. The molecule has 15 nitrogen and oxygen atoms in total. The molecule has 15 heteroatoms. The maximum atomic E-state index is 13.1. The van der Waals surface area contributed by atoms with Crippen LogP contribution in [0.2, 0.25) is 0 Å². The van der Waals surface area contributed by atoms with Gasteiger partial charge in [0, 0.05) is 12.8 Å². The molecule has 0 bridgehead atoms. The summed E-state index contributed by atoms with van der Waals surface area (Å²) in [5.41, 5.74) is 0. The van der Waals surface area contributed by atoms with Crippen molar-refractivity contribution in [2.75, 3.05) is 26.4 Å². The smallest absolute Gasteiger partial charge is 0.306 e. The fourth-order valence-corrected chi connectivity index (χ4v) is 11.5. The fourth-order valence-electron chi connectivity index (χ4n) is 11.5. The Bertz CT molecular complexity index is 1420. The second-order valence-corrected chi connectivity index (χ2v) is 24.7. The summed E-state index contributed by atoms with van der Waals surface area (Å²) < 4.78 is 33.9. The lowest BCUT2D eigenvalue weighted by Gasteiger charge is -2.42. The Hall–Kier alpha value is -1.50. The van der Waals surface area contributed by atoms with Crippen molar-refractivity contribution in [1.82, 2.24) is 0 Å². The molecule has 0 aromatic carbocycles. The number of esters is 2. The molecule has 486 valence electrons. The molecule has 0 saturated carbocycles. The molecule has 82 heavy (non-hydrogen) atoms. The summed E-state index contributed by atoms with van der Waals surface area (Å²) in [6, 6.07) is 0. The maximum absolute atomic E-state index is 13.1. The molecular formula is C67H128O15. The van der Waals surface area contributed by atoms with Crippen LogP contribution >= 0.6 is 0 Å². The van der Waals surface area contributed by atoms with Crippen LogP contribution in [-0.4, -0.2) is 142 Å². The molecule has 2 aliphatic heterocycles. The van der Waals surface area contributed by atoms with E-state index in [0.717, 1.165) is 38.5 Å². The van der Waals surface area contributed by atoms with E-state index < -0.39 is 92.7 Å². The lowest BCUT2D eigenvalue weighted by atomic mass is 9.98. The first-order valence-electron chi connectivity index (χ1n) is 34.6. The van der Waals surface area contributed by atoms with E-state index in [2.05, 4.69) is 13.8 Å². The molecule has 0 aliphatic carbocycles. The van der Waals surface area contributed by atoms with E-state index >= 15 is 0 Å². The van der Waals surface area contributed by atoms with Gasteiger partial charge in [0.15, 0.2) is 18.7 Å². The summed E-state index contributed by atoms with van der Waals surface area (Å²) in [6.45, 7) is 2.70. The topological polar surface area (TPSA) is 231 Å². The third-order valence-electron chi connectivity index (χ3n) is 17.1. The van der Waals surface area contributed by atoms with Crippen molar-refractivity contribution in [3.8, 4) is 0 Å². The number of ether oxygens (including phenoxy) is 6. The summed E-state index contributed by atoms with van der Waals surface area (Å²) in [5, 5.41) is 72.5. The lowest BCUT2D eigenvalue weighted by Crippen LogP contribution is -2.61. The number of aliphatic hydroxyl groups excluding tert-OH is 7. The molecule has 11 unspecified atom stereocenters. The minimum atomic E-state index is -1.76.